The molecule has 0 atom stereocenters. The van der Waals surface area contributed by atoms with Crippen molar-refractivity contribution in [2.24, 2.45) is 0 Å². The molecule has 2 aromatic rings. The summed E-state index contributed by atoms with van der Waals surface area (Å²) in [5.74, 6) is -0.478. The highest BCUT2D eigenvalue weighted by Crippen LogP contribution is 2.21. The Morgan fingerprint density at radius 3 is 2.44 bits per heavy atom. The summed E-state index contributed by atoms with van der Waals surface area (Å²) in [6, 6.07) is 13.2. The summed E-state index contributed by atoms with van der Waals surface area (Å²) in [7, 11) is 1.45. The van der Waals surface area contributed by atoms with Crippen LogP contribution in [0, 0.1) is 5.82 Å². The summed E-state index contributed by atoms with van der Waals surface area (Å²) in [5, 5.41) is 2.85. The van der Waals surface area contributed by atoms with Crippen LogP contribution in [0.25, 0.3) is 0 Å². The molecule has 2 amide bonds. The highest BCUT2D eigenvalue weighted by atomic mass is 19.1. The Balaban J connectivity index is 1.53. The maximum atomic E-state index is 13.5. The highest BCUT2D eigenvalue weighted by molar-refractivity contribution is 5.97. The van der Waals surface area contributed by atoms with Crippen molar-refractivity contribution >= 4 is 17.5 Å². The van der Waals surface area contributed by atoms with Gasteiger partial charge in [0.2, 0.25) is 5.91 Å². The minimum Gasteiger partial charge on any atom is -0.496 e. The van der Waals surface area contributed by atoms with Crippen LogP contribution in [0.15, 0.2) is 48.5 Å². The van der Waals surface area contributed by atoms with Crippen LogP contribution < -0.4 is 10.1 Å². The van der Waals surface area contributed by atoms with Crippen molar-refractivity contribution in [2.45, 2.75) is 0 Å². The molecule has 7 heteroatoms. The van der Waals surface area contributed by atoms with E-state index >= 15 is 0 Å². The monoisotopic (exact) mass is 371 g/mol. The van der Waals surface area contributed by atoms with E-state index < -0.39 is 5.82 Å². The Morgan fingerprint density at radius 1 is 1.07 bits per heavy atom. The van der Waals surface area contributed by atoms with Gasteiger partial charge in [-0.05, 0) is 30.3 Å². The van der Waals surface area contributed by atoms with Gasteiger partial charge in [-0.15, -0.1) is 0 Å². The Bertz CT molecular complexity index is 805. The van der Waals surface area contributed by atoms with Crippen LogP contribution >= 0.6 is 0 Å². The predicted octanol–water partition coefficient (Wildman–Crippen LogP) is 2.23. The molecular formula is C20H22FN3O3. The standard InChI is InChI=1S/C20H22FN3O3/c1-27-18-8-7-15(21)13-17(18)20(26)24-11-9-23(10-12-24)14-19(25)22-16-5-3-2-4-6-16/h2-8,13H,9-12,14H2,1H3,(H,22,25). The first-order valence-corrected chi connectivity index (χ1v) is 8.77. The van der Waals surface area contributed by atoms with E-state index in [9.17, 15) is 14.0 Å². The molecule has 0 spiro atoms. The van der Waals surface area contributed by atoms with Crippen molar-refractivity contribution in [1.29, 1.82) is 0 Å². The molecule has 1 aliphatic heterocycles. The van der Waals surface area contributed by atoms with Gasteiger partial charge in [-0.1, -0.05) is 18.2 Å². The maximum absolute atomic E-state index is 13.5. The van der Waals surface area contributed by atoms with Gasteiger partial charge in [0.1, 0.15) is 11.6 Å². The van der Waals surface area contributed by atoms with Gasteiger partial charge in [0.25, 0.3) is 5.91 Å². The first kappa shape index (κ1) is 18.8. The summed E-state index contributed by atoms with van der Waals surface area (Å²) >= 11 is 0. The number of nitrogens with zero attached hydrogens (tertiary/aromatic N) is 2. The summed E-state index contributed by atoms with van der Waals surface area (Å²) in [5.41, 5.74) is 0.974. The van der Waals surface area contributed by atoms with E-state index in [1.807, 2.05) is 35.2 Å². The largest absolute Gasteiger partial charge is 0.496 e. The van der Waals surface area contributed by atoms with Crippen molar-refractivity contribution in [1.82, 2.24) is 9.80 Å². The number of anilines is 1. The lowest BCUT2D eigenvalue weighted by Gasteiger charge is -2.34. The number of hydrogen-bond acceptors (Lipinski definition) is 4. The van der Waals surface area contributed by atoms with Gasteiger partial charge < -0.3 is 15.0 Å². The Kier molecular flexibility index (Phi) is 6.03. The van der Waals surface area contributed by atoms with Crippen molar-refractivity contribution in [3.63, 3.8) is 0 Å². The van der Waals surface area contributed by atoms with Crippen molar-refractivity contribution in [2.75, 3.05) is 45.2 Å². The van der Waals surface area contributed by atoms with E-state index in [1.165, 1.54) is 25.3 Å². The molecule has 1 aliphatic rings. The first-order valence-electron chi connectivity index (χ1n) is 8.77. The second-order valence-corrected chi connectivity index (χ2v) is 6.33. The van der Waals surface area contributed by atoms with Crippen LogP contribution in [0.4, 0.5) is 10.1 Å². The van der Waals surface area contributed by atoms with Gasteiger partial charge in [-0.2, -0.15) is 0 Å². The van der Waals surface area contributed by atoms with Gasteiger partial charge in [0, 0.05) is 31.9 Å². The minimum absolute atomic E-state index is 0.0900. The van der Waals surface area contributed by atoms with E-state index in [2.05, 4.69) is 5.32 Å². The molecule has 0 radical (unpaired) electrons. The smallest absolute Gasteiger partial charge is 0.257 e. The fourth-order valence-electron chi connectivity index (χ4n) is 3.05. The Hall–Kier alpha value is -2.93. The van der Waals surface area contributed by atoms with Gasteiger partial charge in [0.05, 0.1) is 19.2 Å². The van der Waals surface area contributed by atoms with E-state index in [1.54, 1.807) is 4.90 Å². The molecule has 1 N–H and O–H groups in total. The number of hydrogen-bond donors (Lipinski definition) is 1. The molecule has 27 heavy (non-hydrogen) atoms. The molecule has 3 rings (SSSR count). The predicted molar refractivity (Wildman–Crippen MR) is 100 cm³/mol. The molecule has 0 bridgehead atoms. The third kappa shape index (κ3) is 4.83. The molecule has 2 aromatic carbocycles. The molecule has 0 aliphatic carbocycles. The van der Waals surface area contributed by atoms with Crippen molar-refractivity contribution in [3.8, 4) is 5.75 Å². The van der Waals surface area contributed by atoms with E-state index in [4.69, 9.17) is 4.74 Å². The second kappa shape index (κ2) is 8.64. The Morgan fingerprint density at radius 2 is 1.78 bits per heavy atom. The average Bonchev–Trinajstić information content (AvgIpc) is 2.68. The lowest BCUT2D eigenvalue weighted by atomic mass is 10.1. The number of carbonyl (C=O) groups excluding carboxylic acids is 2. The zero-order chi connectivity index (χ0) is 19.2. The van der Waals surface area contributed by atoms with E-state index in [0.29, 0.717) is 31.9 Å². The van der Waals surface area contributed by atoms with Crippen LogP contribution in [0.5, 0.6) is 5.75 Å². The number of benzene rings is 2. The number of rotatable bonds is 5. The summed E-state index contributed by atoms with van der Waals surface area (Å²) < 4.78 is 18.7. The molecule has 6 nitrogen and oxygen atoms in total. The lowest BCUT2D eigenvalue weighted by Crippen LogP contribution is -2.50. The van der Waals surface area contributed by atoms with Crippen LogP contribution in [0.2, 0.25) is 0 Å². The van der Waals surface area contributed by atoms with Crippen LogP contribution in [0.1, 0.15) is 10.4 Å². The molecule has 0 aromatic heterocycles. The molecule has 1 fully saturated rings. The van der Waals surface area contributed by atoms with Crippen LogP contribution in [0.3, 0.4) is 0 Å². The number of nitrogens with one attached hydrogen (secondary N) is 1. The third-order valence-corrected chi connectivity index (χ3v) is 4.48. The van der Waals surface area contributed by atoms with Gasteiger partial charge in [-0.25, -0.2) is 4.39 Å². The van der Waals surface area contributed by atoms with Crippen LogP contribution in [-0.4, -0.2) is 61.4 Å². The lowest BCUT2D eigenvalue weighted by molar-refractivity contribution is -0.117. The van der Waals surface area contributed by atoms with Gasteiger partial charge in [-0.3, -0.25) is 14.5 Å². The SMILES string of the molecule is COc1ccc(F)cc1C(=O)N1CCN(CC(=O)Nc2ccccc2)CC1. The zero-order valence-electron chi connectivity index (χ0n) is 15.2. The quantitative estimate of drug-likeness (QED) is 0.876. The highest BCUT2D eigenvalue weighted by Gasteiger charge is 2.25. The van der Waals surface area contributed by atoms with Gasteiger partial charge in [0.15, 0.2) is 0 Å². The number of carbonyl (C=O) groups is 2. The first-order chi connectivity index (χ1) is 13.1. The molecule has 0 saturated carbocycles. The van der Waals surface area contributed by atoms with E-state index in [-0.39, 0.29) is 23.9 Å². The molecular weight excluding hydrogens is 349 g/mol. The van der Waals surface area contributed by atoms with Gasteiger partial charge >= 0.3 is 0 Å². The normalized spacial score (nSPS) is 14.7. The number of halogens is 1. The summed E-state index contributed by atoms with van der Waals surface area (Å²) in [6.07, 6.45) is 0. The average molecular weight is 371 g/mol. The van der Waals surface area contributed by atoms with E-state index in [0.717, 1.165) is 5.69 Å². The number of amides is 2. The summed E-state index contributed by atoms with van der Waals surface area (Å²) in [6.45, 7) is 2.35. The number of methoxy groups -OCH3 is 1. The molecule has 0 unspecified atom stereocenters. The third-order valence-electron chi connectivity index (χ3n) is 4.48. The second-order valence-electron chi connectivity index (χ2n) is 6.33. The number of para-hydroxylation sites is 1. The minimum atomic E-state index is -0.477. The Labute approximate surface area is 157 Å². The zero-order valence-corrected chi connectivity index (χ0v) is 15.2. The van der Waals surface area contributed by atoms with Crippen molar-refractivity contribution < 1.29 is 18.7 Å². The topological polar surface area (TPSA) is 61.9 Å². The fraction of sp³-hybridized carbons (Fsp3) is 0.300. The maximum Gasteiger partial charge on any atom is 0.257 e. The number of piperazine rings is 1. The molecule has 1 saturated heterocycles. The molecule has 142 valence electrons. The number of ether oxygens (including phenoxy) is 1. The molecule has 1 heterocycles. The fourth-order valence-corrected chi connectivity index (χ4v) is 3.05. The van der Waals surface area contributed by atoms with Crippen molar-refractivity contribution in [3.05, 3.63) is 59.9 Å². The van der Waals surface area contributed by atoms with Crippen LogP contribution in [-0.2, 0) is 4.79 Å². The summed E-state index contributed by atoms with van der Waals surface area (Å²) in [4.78, 5) is 28.5.